The second-order valence-electron chi connectivity index (χ2n) is 5.22. The summed E-state index contributed by atoms with van der Waals surface area (Å²) in [5, 5.41) is 3.40. The first kappa shape index (κ1) is 16.0. The number of hydrogen-bond donors (Lipinski definition) is 1. The molecule has 1 heterocycles. The molecule has 1 rings (SSSR count). The maximum absolute atomic E-state index is 4.80. The van der Waals surface area contributed by atoms with Crippen LogP contribution < -0.4 is 10.2 Å². The van der Waals surface area contributed by atoms with Crippen LogP contribution >= 0.6 is 0 Å². The van der Waals surface area contributed by atoms with E-state index in [0.29, 0.717) is 6.04 Å². The van der Waals surface area contributed by atoms with Gasteiger partial charge in [0.2, 0.25) is 0 Å². The minimum Gasteiger partial charge on any atom is -0.357 e. The molecule has 0 aliphatic rings. The van der Waals surface area contributed by atoms with Gasteiger partial charge in [0.1, 0.15) is 5.82 Å². The molecule has 19 heavy (non-hydrogen) atoms. The summed E-state index contributed by atoms with van der Waals surface area (Å²) in [5.74, 6) is 1.10. The Balaban J connectivity index is 2.97. The maximum Gasteiger partial charge on any atom is 0.129 e. The van der Waals surface area contributed by atoms with E-state index in [-0.39, 0.29) is 0 Å². The van der Waals surface area contributed by atoms with E-state index in [0.717, 1.165) is 38.2 Å². The fourth-order valence-corrected chi connectivity index (χ4v) is 2.07. The van der Waals surface area contributed by atoms with Crippen LogP contribution in [0, 0.1) is 0 Å². The molecule has 1 unspecified atom stereocenters. The van der Waals surface area contributed by atoms with Crippen LogP contribution in [0.15, 0.2) is 12.1 Å². The van der Waals surface area contributed by atoms with Crippen molar-refractivity contribution in [3.8, 4) is 0 Å². The molecular weight excluding hydrogens is 234 g/mol. The molecule has 0 bridgehead atoms. The fraction of sp³-hybridized carbons (Fsp3) is 0.688. The van der Waals surface area contributed by atoms with Gasteiger partial charge in [-0.3, -0.25) is 0 Å². The van der Waals surface area contributed by atoms with E-state index in [1.54, 1.807) is 0 Å². The van der Waals surface area contributed by atoms with E-state index in [1.165, 1.54) is 11.3 Å². The van der Waals surface area contributed by atoms with E-state index in [4.69, 9.17) is 4.98 Å². The van der Waals surface area contributed by atoms with E-state index in [9.17, 15) is 0 Å². The molecule has 0 spiro atoms. The number of nitrogens with one attached hydrogen (secondary N) is 1. The molecule has 0 aromatic carbocycles. The lowest BCUT2D eigenvalue weighted by atomic mass is 10.1. The monoisotopic (exact) mass is 263 g/mol. The molecule has 3 nitrogen and oxygen atoms in total. The highest BCUT2D eigenvalue weighted by Gasteiger charge is 2.11. The number of aromatic nitrogens is 1. The third-order valence-corrected chi connectivity index (χ3v) is 3.62. The van der Waals surface area contributed by atoms with E-state index >= 15 is 0 Å². The Morgan fingerprint density at radius 1 is 1.26 bits per heavy atom. The van der Waals surface area contributed by atoms with E-state index in [2.05, 4.69) is 57.1 Å². The Morgan fingerprint density at radius 3 is 2.58 bits per heavy atom. The Labute approximate surface area is 118 Å². The van der Waals surface area contributed by atoms with Crippen LogP contribution in [-0.4, -0.2) is 24.6 Å². The van der Waals surface area contributed by atoms with Gasteiger partial charge in [-0.25, -0.2) is 4.98 Å². The summed E-state index contributed by atoms with van der Waals surface area (Å²) in [6.07, 6.45) is 3.34. The summed E-state index contributed by atoms with van der Waals surface area (Å²) < 4.78 is 0. The topological polar surface area (TPSA) is 28.2 Å². The number of hydrogen-bond acceptors (Lipinski definition) is 3. The Bertz CT molecular complexity index is 376. The normalized spacial score (nSPS) is 12.5. The van der Waals surface area contributed by atoms with Crippen LogP contribution in [-0.2, 0) is 13.0 Å². The molecule has 0 radical (unpaired) electrons. The van der Waals surface area contributed by atoms with Gasteiger partial charge in [-0.15, -0.1) is 0 Å². The zero-order valence-corrected chi connectivity index (χ0v) is 13.2. The van der Waals surface area contributed by atoms with Crippen LogP contribution in [0.5, 0.6) is 0 Å². The number of aryl methyl sites for hydroxylation is 1. The van der Waals surface area contributed by atoms with Crippen molar-refractivity contribution in [3.63, 3.8) is 0 Å². The van der Waals surface area contributed by atoms with E-state index < -0.39 is 0 Å². The number of rotatable bonds is 8. The zero-order chi connectivity index (χ0) is 14.3. The second kappa shape index (κ2) is 8.16. The van der Waals surface area contributed by atoms with Crippen LogP contribution in [0.25, 0.3) is 0 Å². The van der Waals surface area contributed by atoms with Crippen molar-refractivity contribution in [1.29, 1.82) is 0 Å². The quantitative estimate of drug-likeness (QED) is 0.779. The van der Waals surface area contributed by atoms with Crippen molar-refractivity contribution < 1.29 is 0 Å². The Kier molecular flexibility index (Phi) is 6.85. The van der Waals surface area contributed by atoms with Crippen molar-refractivity contribution in [3.05, 3.63) is 23.4 Å². The fourth-order valence-electron chi connectivity index (χ4n) is 2.07. The van der Waals surface area contributed by atoms with Crippen LogP contribution in [0.4, 0.5) is 5.82 Å². The molecule has 0 fully saturated rings. The van der Waals surface area contributed by atoms with Crippen molar-refractivity contribution in [2.75, 3.05) is 18.5 Å². The average molecular weight is 263 g/mol. The molecule has 3 heteroatoms. The first-order valence-electron chi connectivity index (χ1n) is 7.55. The summed E-state index contributed by atoms with van der Waals surface area (Å²) in [5.41, 5.74) is 2.55. The van der Waals surface area contributed by atoms with Gasteiger partial charge in [0.25, 0.3) is 0 Å². The lowest BCUT2D eigenvalue weighted by molar-refractivity contribution is 0.652. The highest BCUT2D eigenvalue weighted by molar-refractivity contribution is 5.43. The summed E-state index contributed by atoms with van der Waals surface area (Å²) in [6, 6.07) is 4.98. The Hall–Kier alpha value is -1.09. The number of anilines is 1. The van der Waals surface area contributed by atoms with Gasteiger partial charge >= 0.3 is 0 Å². The second-order valence-corrected chi connectivity index (χ2v) is 5.22. The highest BCUT2D eigenvalue weighted by Crippen LogP contribution is 2.18. The standard InChI is InChI=1S/C16H29N3/c1-6-9-15-10-14(12-17-8-3)11-16(18-15)19(5)13(4)7-2/h10-11,13,17H,6-9,12H2,1-5H3. The predicted octanol–water partition coefficient (Wildman–Crippen LogP) is 3.38. The van der Waals surface area contributed by atoms with E-state index in [1.807, 2.05) is 0 Å². The van der Waals surface area contributed by atoms with Gasteiger partial charge < -0.3 is 10.2 Å². The first-order chi connectivity index (χ1) is 9.12. The van der Waals surface area contributed by atoms with Crippen LogP contribution in [0.1, 0.15) is 51.8 Å². The molecular formula is C16H29N3. The minimum absolute atomic E-state index is 0.524. The molecule has 1 aromatic heterocycles. The third kappa shape index (κ3) is 4.83. The number of nitrogens with zero attached hydrogens (tertiary/aromatic N) is 2. The van der Waals surface area contributed by atoms with Gasteiger partial charge in [0.05, 0.1) is 0 Å². The summed E-state index contributed by atoms with van der Waals surface area (Å²) in [6.45, 7) is 10.7. The van der Waals surface area contributed by atoms with Crippen LogP contribution in [0.3, 0.4) is 0 Å². The lowest BCUT2D eigenvalue weighted by Crippen LogP contribution is -2.29. The summed E-state index contributed by atoms with van der Waals surface area (Å²) in [7, 11) is 2.14. The maximum atomic E-state index is 4.80. The van der Waals surface area contributed by atoms with Gasteiger partial charge in [-0.05, 0) is 44.0 Å². The molecule has 0 saturated carbocycles. The predicted molar refractivity (Wildman–Crippen MR) is 83.8 cm³/mol. The first-order valence-corrected chi connectivity index (χ1v) is 7.55. The van der Waals surface area contributed by atoms with Gasteiger partial charge in [-0.1, -0.05) is 27.2 Å². The molecule has 0 amide bonds. The number of pyridine rings is 1. The molecule has 0 aliphatic carbocycles. The largest absolute Gasteiger partial charge is 0.357 e. The third-order valence-electron chi connectivity index (χ3n) is 3.62. The van der Waals surface area contributed by atoms with Gasteiger partial charge in [-0.2, -0.15) is 0 Å². The van der Waals surface area contributed by atoms with Crippen molar-refractivity contribution >= 4 is 5.82 Å². The minimum atomic E-state index is 0.524. The summed E-state index contributed by atoms with van der Waals surface area (Å²) >= 11 is 0. The highest BCUT2D eigenvalue weighted by atomic mass is 15.2. The zero-order valence-electron chi connectivity index (χ0n) is 13.2. The van der Waals surface area contributed by atoms with Gasteiger partial charge in [0.15, 0.2) is 0 Å². The molecule has 1 N–H and O–H groups in total. The van der Waals surface area contributed by atoms with Crippen molar-refractivity contribution in [2.24, 2.45) is 0 Å². The molecule has 1 aromatic rings. The average Bonchev–Trinajstić information content (AvgIpc) is 2.43. The molecule has 0 aliphatic heterocycles. The van der Waals surface area contributed by atoms with Crippen molar-refractivity contribution in [2.45, 2.75) is 59.5 Å². The smallest absolute Gasteiger partial charge is 0.129 e. The lowest BCUT2D eigenvalue weighted by Gasteiger charge is -2.26. The molecule has 1 atom stereocenters. The van der Waals surface area contributed by atoms with Gasteiger partial charge in [0, 0.05) is 25.3 Å². The Morgan fingerprint density at radius 2 is 2.00 bits per heavy atom. The molecule has 108 valence electrons. The molecule has 0 saturated heterocycles. The van der Waals surface area contributed by atoms with Crippen LogP contribution in [0.2, 0.25) is 0 Å². The summed E-state index contributed by atoms with van der Waals surface area (Å²) in [4.78, 5) is 7.08. The van der Waals surface area contributed by atoms with Crippen molar-refractivity contribution in [1.82, 2.24) is 10.3 Å². The SMILES string of the molecule is CCCc1cc(CNCC)cc(N(C)C(C)CC)n1.